The van der Waals surface area contributed by atoms with E-state index < -0.39 is 5.60 Å². The number of nitrogens with zero attached hydrogens (tertiary/aromatic N) is 1. The summed E-state index contributed by atoms with van der Waals surface area (Å²) in [4.78, 5) is 24.7. The second-order valence-corrected chi connectivity index (χ2v) is 5.78. The predicted molar refractivity (Wildman–Crippen MR) is 73.4 cm³/mol. The molecule has 0 aliphatic carbocycles. The number of hydrogen-bond acceptors (Lipinski definition) is 5. The Morgan fingerprint density at radius 2 is 1.80 bits per heavy atom. The number of ether oxygens (including phenoxy) is 3. The maximum Gasteiger partial charge on any atom is 0.410 e. The van der Waals surface area contributed by atoms with Crippen LogP contribution in [0, 0.1) is 0 Å². The van der Waals surface area contributed by atoms with Crippen LogP contribution in [0.5, 0.6) is 0 Å². The third kappa shape index (κ3) is 6.23. The lowest BCUT2D eigenvalue weighted by Crippen LogP contribution is -2.43. The predicted octanol–water partition coefficient (Wildman–Crippen LogP) is 1.97. The van der Waals surface area contributed by atoms with Crippen molar-refractivity contribution in [2.24, 2.45) is 0 Å². The molecule has 0 aromatic heterocycles. The van der Waals surface area contributed by atoms with Crippen molar-refractivity contribution in [3.05, 3.63) is 0 Å². The second kappa shape index (κ2) is 7.47. The average Bonchev–Trinajstić information content (AvgIpc) is 2.35. The maximum absolute atomic E-state index is 11.9. The number of hydrogen-bond donors (Lipinski definition) is 0. The van der Waals surface area contributed by atoms with Crippen molar-refractivity contribution >= 4 is 12.1 Å². The lowest BCUT2D eigenvalue weighted by molar-refractivity contribution is -0.151. The van der Waals surface area contributed by atoms with Crippen LogP contribution in [0.15, 0.2) is 0 Å². The first kappa shape index (κ1) is 16.8. The van der Waals surface area contributed by atoms with Crippen LogP contribution < -0.4 is 0 Å². The largest absolute Gasteiger partial charge is 0.464 e. The first-order chi connectivity index (χ1) is 9.31. The van der Waals surface area contributed by atoms with Gasteiger partial charge in [-0.1, -0.05) is 0 Å². The summed E-state index contributed by atoms with van der Waals surface area (Å²) >= 11 is 0. The van der Waals surface area contributed by atoms with Crippen LogP contribution in [-0.2, 0) is 19.0 Å². The molecule has 0 radical (unpaired) electrons. The highest BCUT2D eigenvalue weighted by Crippen LogP contribution is 2.17. The van der Waals surface area contributed by atoms with E-state index in [4.69, 9.17) is 14.2 Å². The molecule has 1 aliphatic rings. The van der Waals surface area contributed by atoms with Gasteiger partial charge in [0.25, 0.3) is 0 Å². The van der Waals surface area contributed by atoms with Gasteiger partial charge in [0, 0.05) is 13.1 Å². The molecule has 1 fully saturated rings. The molecule has 0 spiro atoms. The lowest BCUT2D eigenvalue weighted by Gasteiger charge is -2.33. The molecule has 1 rings (SSSR count). The average molecular weight is 287 g/mol. The Balaban J connectivity index is 2.26. The van der Waals surface area contributed by atoms with Crippen LogP contribution in [0.1, 0.15) is 40.5 Å². The highest BCUT2D eigenvalue weighted by Gasteiger charge is 2.27. The highest BCUT2D eigenvalue weighted by molar-refractivity contribution is 5.70. The smallest absolute Gasteiger partial charge is 0.410 e. The molecule has 20 heavy (non-hydrogen) atoms. The van der Waals surface area contributed by atoms with Gasteiger partial charge in [-0.25, -0.2) is 9.59 Å². The molecule has 0 atom stereocenters. The van der Waals surface area contributed by atoms with Crippen molar-refractivity contribution < 1.29 is 23.8 Å². The Labute approximate surface area is 120 Å². The fourth-order valence-corrected chi connectivity index (χ4v) is 1.92. The van der Waals surface area contributed by atoms with Crippen LogP contribution >= 0.6 is 0 Å². The molecule has 1 amide bonds. The molecular formula is C14H25NO5. The summed E-state index contributed by atoms with van der Waals surface area (Å²) in [6.07, 6.45) is 1.12. The van der Waals surface area contributed by atoms with Crippen LogP contribution in [0.25, 0.3) is 0 Å². The number of carbonyl (C=O) groups excluding carboxylic acids is 2. The minimum absolute atomic E-state index is 0.00177. The molecule has 0 aromatic carbocycles. The molecule has 0 saturated carbocycles. The van der Waals surface area contributed by atoms with E-state index in [9.17, 15) is 9.59 Å². The highest BCUT2D eigenvalue weighted by atomic mass is 16.6. The molecule has 0 aromatic rings. The summed E-state index contributed by atoms with van der Waals surface area (Å²) in [5.74, 6) is -0.345. The fourth-order valence-electron chi connectivity index (χ4n) is 1.92. The van der Waals surface area contributed by atoms with Gasteiger partial charge < -0.3 is 19.1 Å². The quantitative estimate of drug-likeness (QED) is 0.740. The van der Waals surface area contributed by atoms with Crippen LogP contribution in [-0.4, -0.2) is 55.0 Å². The summed E-state index contributed by atoms with van der Waals surface area (Å²) in [6, 6.07) is 0. The number of esters is 1. The van der Waals surface area contributed by atoms with Crippen LogP contribution in [0.2, 0.25) is 0 Å². The summed E-state index contributed by atoms with van der Waals surface area (Å²) in [5, 5.41) is 0. The Bertz CT molecular complexity index is 329. The van der Waals surface area contributed by atoms with E-state index in [0.717, 1.165) is 0 Å². The zero-order valence-electron chi connectivity index (χ0n) is 12.8. The monoisotopic (exact) mass is 287 g/mol. The third-order valence-electron chi connectivity index (χ3n) is 2.84. The van der Waals surface area contributed by atoms with E-state index in [0.29, 0.717) is 32.5 Å². The van der Waals surface area contributed by atoms with Crippen molar-refractivity contribution in [1.82, 2.24) is 4.90 Å². The molecule has 1 aliphatic heterocycles. The maximum atomic E-state index is 11.9. The molecule has 0 N–H and O–H groups in total. The van der Waals surface area contributed by atoms with E-state index in [1.807, 2.05) is 20.8 Å². The number of likely N-dealkylation sites (tertiary alicyclic amines) is 1. The molecule has 6 heteroatoms. The SMILES string of the molecule is CCOC(=O)COC1CCN(C(=O)OC(C)(C)C)CC1. The zero-order chi connectivity index (χ0) is 15.2. The van der Waals surface area contributed by atoms with E-state index in [1.165, 1.54) is 0 Å². The van der Waals surface area contributed by atoms with E-state index in [2.05, 4.69) is 0 Å². The molecule has 1 heterocycles. The summed E-state index contributed by atoms with van der Waals surface area (Å²) < 4.78 is 15.6. The van der Waals surface area contributed by atoms with Crippen molar-refractivity contribution in [1.29, 1.82) is 0 Å². The van der Waals surface area contributed by atoms with Crippen molar-refractivity contribution in [3.63, 3.8) is 0 Å². The second-order valence-electron chi connectivity index (χ2n) is 5.78. The minimum Gasteiger partial charge on any atom is -0.464 e. The molecule has 1 saturated heterocycles. The Hall–Kier alpha value is -1.30. The van der Waals surface area contributed by atoms with Gasteiger partial charge in [-0.2, -0.15) is 0 Å². The Kier molecular flexibility index (Phi) is 6.26. The van der Waals surface area contributed by atoms with Gasteiger partial charge in [0.05, 0.1) is 12.7 Å². The molecule has 6 nitrogen and oxygen atoms in total. The zero-order valence-corrected chi connectivity index (χ0v) is 12.8. The summed E-state index contributed by atoms with van der Waals surface area (Å²) in [6.45, 7) is 8.81. The third-order valence-corrected chi connectivity index (χ3v) is 2.84. The van der Waals surface area contributed by atoms with Gasteiger partial charge in [0.15, 0.2) is 0 Å². The van der Waals surface area contributed by atoms with Gasteiger partial charge in [-0.15, -0.1) is 0 Å². The van der Waals surface area contributed by atoms with Crippen molar-refractivity contribution in [3.8, 4) is 0 Å². The first-order valence-electron chi connectivity index (χ1n) is 7.07. The number of amides is 1. The lowest BCUT2D eigenvalue weighted by atomic mass is 10.1. The van der Waals surface area contributed by atoms with Crippen molar-refractivity contribution in [2.75, 3.05) is 26.3 Å². The standard InChI is InChI=1S/C14H25NO5/c1-5-18-12(16)10-19-11-6-8-15(9-7-11)13(17)20-14(2,3)4/h11H,5-10H2,1-4H3. The number of piperidine rings is 1. The van der Waals surface area contributed by atoms with Crippen molar-refractivity contribution in [2.45, 2.75) is 52.2 Å². The molecule has 0 bridgehead atoms. The number of carbonyl (C=O) groups is 2. The topological polar surface area (TPSA) is 65.1 Å². The van der Waals surface area contributed by atoms with Gasteiger partial charge >= 0.3 is 12.1 Å². The van der Waals surface area contributed by atoms with E-state index >= 15 is 0 Å². The summed E-state index contributed by atoms with van der Waals surface area (Å²) in [5.41, 5.74) is -0.478. The van der Waals surface area contributed by atoms with E-state index in [-0.39, 0.29) is 24.8 Å². The van der Waals surface area contributed by atoms with Gasteiger partial charge in [0.2, 0.25) is 0 Å². The number of rotatable bonds is 4. The van der Waals surface area contributed by atoms with Gasteiger partial charge in [-0.05, 0) is 40.5 Å². The summed E-state index contributed by atoms with van der Waals surface area (Å²) in [7, 11) is 0. The first-order valence-corrected chi connectivity index (χ1v) is 7.07. The minimum atomic E-state index is -0.478. The molecular weight excluding hydrogens is 262 g/mol. The normalized spacial score (nSPS) is 16.9. The van der Waals surface area contributed by atoms with Gasteiger partial charge in [0.1, 0.15) is 12.2 Å². The van der Waals surface area contributed by atoms with Gasteiger partial charge in [-0.3, -0.25) is 0 Å². The fraction of sp³-hybridized carbons (Fsp3) is 0.857. The van der Waals surface area contributed by atoms with E-state index in [1.54, 1.807) is 11.8 Å². The molecule has 116 valence electrons. The Morgan fingerprint density at radius 3 is 2.30 bits per heavy atom. The van der Waals surface area contributed by atoms with Crippen LogP contribution in [0.4, 0.5) is 4.79 Å². The van der Waals surface area contributed by atoms with Crippen LogP contribution in [0.3, 0.4) is 0 Å². The Morgan fingerprint density at radius 1 is 1.20 bits per heavy atom. The molecule has 0 unspecified atom stereocenters.